The van der Waals surface area contributed by atoms with Crippen LogP contribution in [-0.4, -0.2) is 22.4 Å². The SMILES string of the molecule is O=C(Nc1cnc2c(c1)CNCC2)c1cc(Cl)nc(Cl)c1. The quantitative estimate of drug-likeness (QED) is 0.834. The molecule has 2 aromatic rings. The van der Waals surface area contributed by atoms with Crippen LogP contribution in [-0.2, 0) is 13.0 Å². The predicted octanol–water partition coefficient (Wildman–Crippen LogP) is 2.68. The van der Waals surface area contributed by atoms with Gasteiger partial charge in [-0.15, -0.1) is 0 Å². The molecule has 21 heavy (non-hydrogen) atoms. The summed E-state index contributed by atoms with van der Waals surface area (Å²) < 4.78 is 0. The molecule has 5 nitrogen and oxygen atoms in total. The van der Waals surface area contributed by atoms with Crippen molar-refractivity contribution < 1.29 is 4.79 Å². The molecule has 0 atom stereocenters. The number of nitrogens with one attached hydrogen (secondary N) is 2. The molecule has 2 N–H and O–H groups in total. The van der Waals surface area contributed by atoms with Crippen molar-refractivity contribution in [2.75, 3.05) is 11.9 Å². The third kappa shape index (κ3) is 3.32. The van der Waals surface area contributed by atoms with E-state index in [1.54, 1.807) is 6.20 Å². The molecule has 1 amide bonds. The highest BCUT2D eigenvalue weighted by molar-refractivity contribution is 6.33. The number of halogens is 2. The summed E-state index contributed by atoms with van der Waals surface area (Å²) in [6.45, 7) is 1.69. The first kappa shape index (κ1) is 14.3. The first-order valence-electron chi connectivity index (χ1n) is 6.45. The van der Waals surface area contributed by atoms with E-state index in [-0.39, 0.29) is 16.2 Å². The molecule has 0 unspecified atom stereocenters. The largest absolute Gasteiger partial charge is 0.321 e. The van der Waals surface area contributed by atoms with Gasteiger partial charge in [0.05, 0.1) is 11.9 Å². The summed E-state index contributed by atoms with van der Waals surface area (Å²) in [4.78, 5) is 20.4. The molecular weight excluding hydrogens is 311 g/mol. The van der Waals surface area contributed by atoms with Crippen molar-refractivity contribution in [2.45, 2.75) is 13.0 Å². The number of hydrogen-bond donors (Lipinski definition) is 2. The molecule has 0 fully saturated rings. The molecule has 0 aromatic carbocycles. The molecule has 3 rings (SSSR count). The van der Waals surface area contributed by atoms with E-state index in [0.29, 0.717) is 11.3 Å². The highest BCUT2D eigenvalue weighted by atomic mass is 35.5. The summed E-state index contributed by atoms with van der Waals surface area (Å²) in [7, 11) is 0. The zero-order chi connectivity index (χ0) is 14.8. The fourth-order valence-electron chi connectivity index (χ4n) is 2.21. The Hall–Kier alpha value is -1.69. The smallest absolute Gasteiger partial charge is 0.255 e. The number of fused-ring (bicyclic) bond motifs is 1. The number of rotatable bonds is 2. The summed E-state index contributed by atoms with van der Waals surface area (Å²) in [5, 5.41) is 6.42. The summed E-state index contributed by atoms with van der Waals surface area (Å²) in [6.07, 6.45) is 2.56. The Bertz CT molecular complexity index is 685. The average Bonchev–Trinajstić information content (AvgIpc) is 2.46. The van der Waals surface area contributed by atoms with Crippen LogP contribution in [0.5, 0.6) is 0 Å². The maximum atomic E-state index is 12.2. The van der Waals surface area contributed by atoms with Gasteiger partial charge in [-0.1, -0.05) is 23.2 Å². The Morgan fingerprint density at radius 3 is 2.76 bits per heavy atom. The second-order valence-electron chi connectivity index (χ2n) is 4.71. The summed E-state index contributed by atoms with van der Waals surface area (Å²) in [5.41, 5.74) is 3.17. The summed E-state index contributed by atoms with van der Waals surface area (Å²) in [6, 6.07) is 4.86. The second-order valence-corrected chi connectivity index (χ2v) is 5.49. The number of pyridine rings is 2. The minimum Gasteiger partial charge on any atom is -0.321 e. The molecule has 0 spiro atoms. The van der Waals surface area contributed by atoms with Gasteiger partial charge in [-0.25, -0.2) is 4.98 Å². The highest BCUT2D eigenvalue weighted by Crippen LogP contribution is 2.19. The first-order valence-corrected chi connectivity index (χ1v) is 7.20. The zero-order valence-electron chi connectivity index (χ0n) is 11.0. The molecule has 0 bridgehead atoms. The number of carbonyl (C=O) groups excluding carboxylic acids is 1. The van der Waals surface area contributed by atoms with Crippen molar-refractivity contribution in [3.8, 4) is 0 Å². The molecule has 3 heterocycles. The molecular formula is C14H12Cl2N4O. The standard InChI is InChI=1S/C14H12Cl2N4O/c15-12-4-8(5-13(16)20-12)14(21)19-10-3-9-6-17-2-1-11(9)18-7-10/h3-5,7,17H,1-2,6H2,(H,19,21). The van der Waals surface area contributed by atoms with Crippen molar-refractivity contribution in [2.24, 2.45) is 0 Å². The van der Waals surface area contributed by atoms with E-state index in [2.05, 4.69) is 20.6 Å². The molecule has 1 aliphatic rings. The van der Waals surface area contributed by atoms with E-state index in [0.717, 1.165) is 30.8 Å². The highest BCUT2D eigenvalue weighted by Gasteiger charge is 2.13. The number of nitrogens with zero attached hydrogens (tertiary/aromatic N) is 2. The van der Waals surface area contributed by atoms with E-state index >= 15 is 0 Å². The lowest BCUT2D eigenvalue weighted by molar-refractivity contribution is 0.102. The second kappa shape index (κ2) is 5.97. The Morgan fingerprint density at radius 2 is 2.00 bits per heavy atom. The van der Waals surface area contributed by atoms with Crippen LogP contribution in [0.25, 0.3) is 0 Å². The van der Waals surface area contributed by atoms with Crippen LogP contribution in [0.2, 0.25) is 10.3 Å². The molecule has 0 aliphatic carbocycles. The van der Waals surface area contributed by atoms with Crippen molar-refractivity contribution in [1.82, 2.24) is 15.3 Å². The van der Waals surface area contributed by atoms with Crippen LogP contribution in [0.4, 0.5) is 5.69 Å². The molecule has 108 valence electrons. The van der Waals surface area contributed by atoms with E-state index in [1.165, 1.54) is 12.1 Å². The van der Waals surface area contributed by atoms with Crippen molar-refractivity contribution in [1.29, 1.82) is 0 Å². The van der Waals surface area contributed by atoms with E-state index in [1.807, 2.05) is 6.07 Å². The minimum atomic E-state index is -0.299. The van der Waals surface area contributed by atoms with E-state index in [4.69, 9.17) is 23.2 Å². The third-order valence-corrected chi connectivity index (χ3v) is 3.58. The summed E-state index contributed by atoms with van der Waals surface area (Å²) in [5.74, 6) is -0.299. The van der Waals surface area contributed by atoms with Gasteiger partial charge in [0.2, 0.25) is 0 Å². The van der Waals surface area contributed by atoms with Crippen molar-refractivity contribution >= 4 is 34.8 Å². The zero-order valence-corrected chi connectivity index (χ0v) is 12.5. The van der Waals surface area contributed by atoms with Gasteiger partial charge in [0, 0.05) is 30.8 Å². The lowest BCUT2D eigenvalue weighted by Crippen LogP contribution is -2.24. The van der Waals surface area contributed by atoms with Gasteiger partial charge in [0.15, 0.2) is 0 Å². The Labute approximate surface area is 131 Å². The van der Waals surface area contributed by atoms with Crippen LogP contribution >= 0.6 is 23.2 Å². The topological polar surface area (TPSA) is 66.9 Å². The number of hydrogen-bond acceptors (Lipinski definition) is 4. The van der Waals surface area contributed by atoms with Gasteiger partial charge < -0.3 is 10.6 Å². The minimum absolute atomic E-state index is 0.181. The first-order chi connectivity index (χ1) is 10.1. The van der Waals surface area contributed by atoms with Gasteiger partial charge in [-0.05, 0) is 23.8 Å². The number of carbonyl (C=O) groups is 1. The monoisotopic (exact) mass is 322 g/mol. The Morgan fingerprint density at radius 1 is 1.24 bits per heavy atom. The Balaban J connectivity index is 1.81. The maximum Gasteiger partial charge on any atom is 0.255 e. The molecule has 7 heteroatoms. The van der Waals surface area contributed by atoms with Gasteiger partial charge in [0.25, 0.3) is 5.91 Å². The van der Waals surface area contributed by atoms with E-state index < -0.39 is 0 Å². The van der Waals surface area contributed by atoms with Crippen molar-refractivity contribution in [3.05, 3.63) is 51.5 Å². The van der Waals surface area contributed by atoms with E-state index in [9.17, 15) is 4.79 Å². The fourth-order valence-corrected chi connectivity index (χ4v) is 2.67. The number of anilines is 1. The van der Waals surface area contributed by atoms with Crippen LogP contribution in [0.15, 0.2) is 24.4 Å². The number of amides is 1. The molecule has 0 saturated heterocycles. The van der Waals surface area contributed by atoms with Crippen LogP contribution in [0.3, 0.4) is 0 Å². The van der Waals surface area contributed by atoms with Gasteiger partial charge in [-0.3, -0.25) is 9.78 Å². The van der Waals surface area contributed by atoms with Gasteiger partial charge in [-0.2, -0.15) is 0 Å². The van der Waals surface area contributed by atoms with Crippen LogP contribution in [0.1, 0.15) is 21.6 Å². The van der Waals surface area contributed by atoms with Gasteiger partial charge in [0.1, 0.15) is 10.3 Å². The molecule has 0 radical (unpaired) electrons. The molecule has 2 aromatic heterocycles. The molecule has 1 aliphatic heterocycles. The lowest BCUT2D eigenvalue weighted by atomic mass is 10.1. The Kier molecular flexibility index (Phi) is 4.05. The lowest BCUT2D eigenvalue weighted by Gasteiger charge is -2.17. The average molecular weight is 323 g/mol. The summed E-state index contributed by atoms with van der Waals surface area (Å²) >= 11 is 11.6. The van der Waals surface area contributed by atoms with Crippen molar-refractivity contribution in [3.63, 3.8) is 0 Å². The maximum absolute atomic E-state index is 12.2. The van der Waals surface area contributed by atoms with Gasteiger partial charge >= 0.3 is 0 Å². The third-order valence-electron chi connectivity index (χ3n) is 3.20. The predicted molar refractivity (Wildman–Crippen MR) is 81.9 cm³/mol. The number of aromatic nitrogens is 2. The normalized spacial score (nSPS) is 13.6. The fraction of sp³-hybridized carbons (Fsp3) is 0.214. The molecule has 0 saturated carbocycles. The van der Waals surface area contributed by atoms with Crippen LogP contribution in [0, 0.1) is 0 Å². The van der Waals surface area contributed by atoms with Crippen LogP contribution < -0.4 is 10.6 Å².